The quantitative estimate of drug-likeness (QED) is 0.396. The Morgan fingerprint density at radius 3 is 2.40 bits per heavy atom. The van der Waals surface area contributed by atoms with E-state index >= 15 is 0 Å². The minimum Gasteiger partial charge on any atom is -0.294 e. The van der Waals surface area contributed by atoms with Crippen LogP contribution in [-0.2, 0) is 0 Å². The molecule has 10 heavy (non-hydrogen) atoms. The molecule has 0 aromatic rings. The first-order valence-electron chi connectivity index (χ1n) is 3.23. The van der Waals surface area contributed by atoms with E-state index in [1.165, 1.54) is 0 Å². The van der Waals surface area contributed by atoms with Crippen molar-refractivity contribution >= 4 is 22.6 Å². The van der Waals surface area contributed by atoms with Crippen molar-refractivity contribution in [1.29, 1.82) is 0 Å². The van der Waals surface area contributed by atoms with Gasteiger partial charge in [0.15, 0.2) is 0 Å². The third-order valence-corrected chi connectivity index (χ3v) is 3.31. The molecular formula is C6H10F2IN. The van der Waals surface area contributed by atoms with E-state index < -0.39 is 12.3 Å². The highest BCUT2D eigenvalue weighted by molar-refractivity contribution is 14.1. The van der Waals surface area contributed by atoms with Crippen LogP contribution in [0.1, 0.15) is 6.42 Å². The highest BCUT2D eigenvalue weighted by Gasteiger charge is 2.33. The third-order valence-electron chi connectivity index (χ3n) is 1.85. The average Bonchev–Trinajstić information content (AvgIpc) is 2.13. The van der Waals surface area contributed by atoms with Gasteiger partial charge >= 0.3 is 0 Å². The van der Waals surface area contributed by atoms with Crippen molar-refractivity contribution < 1.29 is 8.78 Å². The standard InChI is InChI=1S/C6H10F2IN/c1-10-3-4(6(7)8)2-5(10)9/h4-6H,2-3H2,1H3/t4-,5-/m0/s1. The van der Waals surface area contributed by atoms with Gasteiger partial charge in [0.25, 0.3) is 0 Å². The number of alkyl halides is 3. The van der Waals surface area contributed by atoms with Crippen LogP contribution in [0.2, 0.25) is 0 Å². The van der Waals surface area contributed by atoms with Gasteiger partial charge in [-0.05, 0) is 13.5 Å². The van der Waals surface area contributed by atoms with E-state index in [1.807, 2.05) is 11.9 Å². The fourth-order valence-electron chi connectivity index (χ4n) is 1.17. The summed E-state index contributed by atoms with van der Waals surface area (Å²) in [6.07, 6.45) is -1.50. The van der Waals surface area contributed by atoms with Crippen LogP contribution < -0.4 is 0 Å². The van der Waals surface area contributed by atoms with E-state index in [-0.39, 0.29) is 0 Å². The van der Waals surface area contributed by atoms with Crippen molar-refractivity contribution in [1.82, 2.24) is 4.90 Å². The van der Waals surface area contributed by atoms with Crippen LogP contribution in [0.15, 0.2) is 0 Å². The van der Waals surface area contributed by atoms with Gasteiger partial charge in [-0.15, -0.1) is 0 Å². The molecule has 0 aromatic heterocycles. The van der Waals surface area contributed by atoms with Crippen molar-refractivity contribution in [2.75, 3.05) is 13.6 Å². The lowest BCUT2D eigenvalue weighted by Gasteiger charge is -2.10. The van der Waals surface area contributed by atoms with Crippen molar-refractivity contribution in [2.24, 2.45) is 5.92 Å². The molecular weight excluding hydrogens is 251 g/mol. The van der Waals surface area contributed by atoms with Gasteiger partial charge in [-0.2, -0.15) is 0 Å². The summed E-state index contributed by atoms with van der Waals surface area (Å²) in [7, 11) is 1.89. The molecule has 0 N–H and O–H groups in total. The van der Waals surface area contributed by atoms with E-state index in [0.717, 1.165) is 0 Å². The summed E-state index contributed by atoms with van der Waals surface area (Å²) >= 11 is 2.20. The lowest BCUT2D eigenvalue weighted by Crippen LogP contribution is -2.20. The summed E-state index contributed by atoms with van der Waals surface area (Å²) < 4.78 is 24.4. The van der Waals surface area contributed by atoms with E-state index in [4.69, 9.17) is 0 Å². The predicted molar refractivity (Wildman–Crippen MR) is 44.5 cm³/mol. The first kappa shape index (κ1) is 8.64. The van der Waals surface area contributed by atoms with E-state index in [2.05, 4.69) is 22.6 Å². The summed E-state index contributed by atoms with van der Waals surface area (Å²) in [5, 5.41) is 0. The molecule has 0 unspecified atom stereocenters. The predicted octanol–water partition coefficient (Wildman–Crippen LogP) is 1.96. The van der Waals surface area contributed by atoms with Gasteiger partial charge in [-0.25, -0.2) is 8.78 Å². The van der Waals surface area contributed by atoms with Gasteiger partial charge in [-0.1, -0.05) is 22.6 Å². The van der Waals surface area contributed by atoms with Crippen LogP contribution >= 0.6 is 22.6 Å². The van der Waals surface area contributed by atoms with Gasteiger partial charge in [0.1, 0.15) is 0 Å². The number of nitrogens with zero attached hydrogens (tertiary/aromatic N) is 1. The normalized spacial score (nSPS) is 35.7. The fraction of sp³-hybridized carbons (Fsp3) is 1.00. The minimum atomic E-state index is -2.14. The molecule has 1 nitrogen and oxygen atoms in total. The fourth-order valence-corrected chi connectivity index (χ4v) is 2.05. The molecule has 0 aliphatic carbocycles. The Hall–Kier alpha value is 0.550. The molecule has 1 rings (SSSR count). The second kappa shape index (κ2) is 3.30. The van der Waals surface area contributed by atoms with Crippen molar-refractivity contribution in [3.05, 3.63) is 0 Å². The lowest BCUT2D eigenvalue weighted by molar-refractivity contribution is 0.0823. The molecule has 1 aliphatic heterocycles. The van der Waals surface area contributed by atoms with Crippen molar-refractivity contribution in [2.45, 2.75) is 16.9 Å². The molecule has 1 fully saturated rings. The summed E-state index contributed by atoms with van der Waals surface area (Å²) in [4.78, 5) is 1.97. The van der Waals surface area contributed by atoms with Crippen LogP contribution in [-0.4, -0.2) is 29.0 Å². The Morgan fingerprint density at radius 1 is 1.60 bits per heavy atom. The van der Waals surface area contributed by atoms with Crippen molar-refractivity contribution in [3.8, 4) is 0 Å². The Labute approximate surface area is 72.9 Å². The summed E-state index contributed by atoms with van der Waals surface area (Å²) in [6, 6.07) is 0. The highest BCUT2D eigenvalue weighted by Crippen LogP contribution is 2.29. The SMILES string of the molecule is CN1C[C@@H](C(F)F)C[C@H]1I. The van der Waals surface area contributed by atoms with E-state index in [0.29, 0.717) is 17.0 Å². The molecule has 0 aromatic carbocycles. The zero-order valence-electron chi connectivity index (χ0n) is 5.73. The first-order valence-corrected chi connectivity index (χ1v) is 4.48. The lowest BCUT2D eigenvalue weighted by atomic mass is 10.1. The molecule has 1 aliphatic rings. The van der Waals surface area contributed by atoms with Gasteiger partial charge < -0.3 is 0 Å². The van der Waals surface area contributed by atoms with Crippen LogP contribution in [0, 0.1) is 5.92 Å². The number of hydrogen-bond acceptors (Lipinski definition) is 1. The first-order chi connectivity index (χ1) is 4.61. The maximum Gasteiger partial charge on any atom is 0.242 e. The molecule has 4 heteroatoms. The monoisotopic (exact) mass is 261 g/mol. The largest absolute Gasteiger partial charge is 0.294 e. The van der Waals surface area contributed by atoms with E-state index in [1.54, 1.807) is 0 Å². The maximum atomic E-state index is 12.1. The number of hydrogen-bond donors (Lipinski definition) is 0. The maximum absolute atomic E-state index is 12.1. The number of likely N-dealkylation sites (tertiary alicyclic amines) is 1. The Morgan fingerprint density at radius 2 is 2.20 bits per heavy atom. The highest BCUT2D eigenvalue weighted by atomic mass is 127. The smallest absolute Gasteiger partial charge is 0.242 e. The zero-order chi connectivity index (χ0) is 7.72. The molecule has 60 valence electrons. The molecule has 0 radical (unpaired) electrons. The molecule has 0 spiro atoms. The molecule has 0 bridgehead atoms. The van der Waals surface area contributed by atoms with Gasteiger partial charge in [-0.3, -0.25) is 4.90 Å². The number of rotatable bonds is 1. The van der Waals surface area contributed by atoms with Crippen LogP contribution in [0.3, 0.4) is 0 Å². The molecule has 2 atom stereocenters. The summed E-state index contributed by atoms with van der Waals surface area (Å²) in [6.45, 7) is 0.547. The molecule has 1 heterocycles. The topological polar surface area (TPSA) is 3.24 Å². The molecule has 0 saturated carbocycles. The van der Waals surface area contributed by atoms with Crippen LogP contribution in [0.25, 0.3) is 0 Å². The summed E-state index contributed by atoms with van der Waals surface area (Å²) in [5.41, 5.74) is 0. The van der Waals surface area contributed by atoms with Crippen LogP contribution in [0.5, 0.6) is 0 Å². The Balaban J connectivity index is 2.41. The Bertz CT molecular complexity index is 110. The Kier molecular flexibility index (Phi) is 2.85. The van der Waals surface area contributed by atoms with Gasteiger partial charge in [0, 0.05) is 12.5 Å². The second-order valence-corrected chi connectivity index (χ2v) is 4.14. The second-order valence-electron chi connectivity index (χ2n) is 2.70. The van der Waals surface area contributed by atoms with E-state index in [9.17, 15) is 8.78 Å². The van der Waals surface area contributed by atoms with Gasteiger partial charge in [0.2, 0.25) is 6.43 Å². The van der Waals surface area contributed by atoms with Crippen molar-refractivity contribution in [3.63, 3.8) is 0 Å². The van der Waals surface area contributed by atoms with Gasteiger partial charge in [0.05, 0.1) is 4.05 Å². The number of halogens is 3. The molecule has 0 amide bonds. The minimum absolute atomic E-state index is 0.302. The summed E-state index contributed by atoms with van der Waals surface area (Å²) in [5.74, 6) is -0.396. The zero-order valence-corrected chi connectivity index (χ0v) is 7.88. The van der Waals surface area contributed by atoms with Crippen LogP contribution in [0.4, 0.5) is 8.78 Å². The average molecular weight is 261 g/mol. The molecule has 1 saturated heterocycles. The third kappa shape index (κ3) is 1.78.